The Morgan fingerprint density at radius 3 is 1.59 bits per heavy atom. The molecule has 6 heteroatoms. The predicted molar refractivity (Wildman–Crippen MR) is 149 cm³/mol. The number of hydrogen-bond acceptors (Lipinski definition) is 5. The van der Waals surface area contributed by atoms with Crippen molar-refractivity contribution in [1.29, 1.82) is 0 Å². The summed E-state index contributed by atoms with van der Waals surface area (Å²) in [5.74, 6) is -0.302. The molecule has 0 fully saturated rings. The van der Waals surface area contributed by atoms with E-state index in [2.05, 4.69) is 0 Å². The molecule has 39 heavy (non-hydrogen) atoms. The summed E-state index contributed by atoms with van der Waals surface area (Å²) in [7, 11) is 0. The molecule has 0 spiro atoms. The first kappa shape index (κ1) is 27.6. The van der Waals surface area contributed by atoms with Crippen molar-refractivity contribution in [2.45, 2.75) is 47.0 Å². The Hall–Kier alpha value is -4.45. The second-order valence-corrected chi connectivity index (χ2v) is 10.1. The number of benzene rings is 4. The lowest BCUT2D eigenvalue weighted by Crippen LogP contribution is -2.05. The van der Waals surface area contributed by atoms with Crippen LogP contribution in [0.15, 0.2) is 48.5 Å². The monoisotopic (exact) mass is 526 g/mol. The van der Waals surface area contributed by atoms with E-state index < -0.39 is 5.82 Å². The average Bonchev–Trinajstić information content (AvgIpc) is 2.92. The number of halogens is 1. The molecule has 0 atom stereocenters. The maximum Gasteiger partial charge on any atom is 0.153 e. The molecule has 0 heterocycles. The van der Waals surface area contributed by atoms with Gasteiger partial charge in [-0.3, -0.25) is 9.59 Å². The molecular weight excluding hydrogens is 495 g/mol. The summed E-state index contributed by atoms with van der Waals surface area (Å²) in [6, 6.07) is 13.1. The van der Waals surface area contributed by atoms with Crippen LogP contribution in [0.25, 0.3) is 0 Å². The zero-order chi connectivity index (χ0) is 28.4. The minimum Gasteiger partial charge on any atom is -0.507 e. The average molecular weight is 527 g/mol. The Morgan fingerprint density at radius 2 is 1.10 bits per heavy atom. The highest BCUT2D eigenvalue weighted by atomic mass is 19.1. The van der Waals surface area contributed by atoms with E-state index in [0.29, 0.717) is 43.0 Å². The lowest BCUT2D eigenvalue weighted by atomic mass is 9.86. The third-order valence-corrected chi connectivity index (χ3v) is 7.52. The molecule has 0 aliphatic rings. The second kappa shape index (κ2) is 11.1. The highest BCUT2D eigenvalue weighted by Crippen LogP contribution is 2.35. The molecule has 0 saturated carbocycles. The van der Waals surface area contributed by atoms with Crippen LogP contribution in [0.1, 0.15) is 76.4 Å². The number of phenols is 3. The summed E-state index contributed by atoms with van der Waals surface area (Å²) in [6.07, 6.45) is 2.37. The molecule has 0 saturated heterocycles. The van der Waals surface area contributed by atoms with Gasteiger partial charge in [-0.15, -0.1) is 0 Å². The number of hydrogen-bond donors (Lipinski definition) is 3. The molecule has 0 amide bonds. The lowest BCUT2D eigenvalue weighted by molar-refractivity contribution is 0.111. The number of phenolic OH excluding ortho intramolecular Hbond substituents is 3. The fourth-order valence-electron chi connectivity index (χ4n) is 5.11. The van der Waals surface area contributed by atoms with Gasteiger partial charge in [0.2, 0.25) is 0 Å². The molecule has 0 bridgehead atoms. The molecule has 200 valence electrons. The summed E-state index contributed by atoms with van der Waals surface area (Å²) in [5.41, 5.74) is 8.41. The third-order valence-electron chi connectivity index (χ3n) is 7.52. The Morgan fingerprint density at radius 1 is 0.641 bits per heavy atom. The number of rotatable bonds is 8. The Bertz CT molecular complexity index is 1480. The molecular formula is C33H31FO5. The van der Waals surface area contributed by atoms with E-state index >= 15 is 0 Å². The molecule has 0 aromatic heterocycles. The minimum atomic E-state index is -0.580. The zero-order valence-electron chi connectivity index (χ0n) is 22.4. The van der Waals surface area contributed by atoms with Crippen LogP contribution in [0.3, 0.4) is 0 Å². The van der Waals surface area contributed by atoms with Crippen LogP contribution in [0.2, 0.25) is 0 Å². The Balaban J connectivity index is 1.73. The van der Waals surface area contributed by atoms with Gasteiger partial charge in [-0.25, -0.2) is 4.39 Å². The standard InChI is InChI=1S/C33H31FO5/c1-18-9-24(20(3)28(32(18)38)13-22-5-7-30(34)26(11-22)16-35)15-25-10-19(2)33(39)29(21(25)4)14-23-6-8-31(37)27(12-23)17-36/h5-12,16-17,37-39H,13-15H2,1-4H3. The van der Waals surface area contributed by atoms with Crippen molar-refractivity contribution < 1.29 is 29.3 Å². The number of carbonyl (C=O) groups excluding carboxylic acids is 2. The van der Waals surface area contributed by atoms with Crippen LogP contribution < -0.4 is 0 Å². The SMILES string of the molecule is Cc1cc(Cc2cc(C)c(O)c(Cc3ccc(F)c(C=O)c3)c2C)c(C)c(Cc2ccc(O)c(C=O)c2)c1O. The van der Waals surface area contributed by atoms with Gasteiger partial charge in [0.15, 0.2) is 12.6 Å². The fourth-order valence-corrected chi connectivity index (χ4v) is 5.11. The summed E-state index contributed by atoms with van der Waals surface area (Å²) in [4.78, 5) is 22.5. The van der Waals surface area contributed by atoms with E-state index in [1.54, 1.807) is 18.2 Å². The van der Waals surface area contributed by atoms with E-state index in [1.807, 2.05) is 39.8 Å². The summed E-state index contributed by atoms with van der Waals surface area (Å²) >= 11 is 0. The normalized spacial score (nSPS) is 11.0. The lowest BCUT2D eigenvalue weighted by Gasteiger charge is -2.20. The van der Waals surface area contributed by atoms with E-state index in [1.165, 1.54) is 18.2 Å². The fraction of sp³-hybridized carbons (Fsp3) is 0.212. The molecule has 4 aromatic carbocycles. The van der Waals surface area contributed by atoms with Crippen molar-refractivity contribution >= 4 is 12.6 Å². The van der Waals surface area contributed by atoms with Crippen LogP contribution in [0.5, 0.6) is 17.2 Å². The van der Waals surface area contributed by atoms with Crippen LogP contribution >= 0.6 is 0 Å². The Kier molecular flexibility index (Phi) is 7.86. The van der Waals surface area contributed by atoms with E-state index in [4.69, 9.17) is 0 Å². The number of aromatic hydroxyl groups is 3. The predicted octanol–water partition coefficient (Wildman–Crippen LogP) is 6.57. The van der Waals surface area contributed by atoms with Crippen LogP contribution in [-0.4, -0.2) is 27.9 Å². The highest BCUT2D eigenvalue weighted by Gasteiger charge is 2.18. The maximum atomic E-state index is 13.8. The molecule has 5 nitrogen and oxygen atoms in total. The molecule has 0 radical (unpaired) electrons. The topological polar surface area (TPSA) is 94.8 Å². The Labute approximate surface area is 227 Å². The van der Waals surface area contributed by atoms with Crippen LogP contribution in [0, 0.1) is 33.5 Å². The van der Waals surface area contributed by atoms with Gasteiger partial charge in [0.1, 0.15) is 23.1 Å². The van der Waals surface area contributed by atoms with Gasteiger partial charge in [0.05, 0.1) is 11.1 Å². The first-order valence-corrected chi connectivity index (χ1v) is 12.7. The largest absolute Gasteiger partial charge is 0.507 e. The number of aldehydes is 2. The van der Waals surface area contributed by atoms with E-state index in [0.717, 1.165) is 44.5 Å². The number of aryl methyl sites for hydroxylation is 2. The summed E-state index contributed by atoms with van der Waals surface area (Å²) in [6.45, 7) is 7.57. The molecule has 3 N–H and O–H groups in total. The summed E-state index contributed by atoms with van der Waals surface area (Å²) in [5, 5.41) is 31.7. The van der Waals surface area contributed by atoms with Gasteiger partial charge in [-0.1, -0.05) is 24.3 Å². The van der Waals surface area contributed by atoms with E-state index in [-0.39, 0.29) is 28.4 Å². The molecule has 0 aliphatic carbocycles. The van der Waals surface area contributed by atoms with Gasteiger partial charge >= 0.3 is 0 Å². The first-order valence-electron chi connectivity index (χ1n) is 12.7. The smallest absolute Gasteiger partial charge is 0.153 e. The van der Waals surface area contributed by atoms with Crippen LogP contribution in [-0.2, 0) is 19.3 Å². The van der Waals surface area contributed by atoms with Gasteiger partial charge in [-0.2, -0.15) is 0 Å². The van der Waals surface area contributed by atoms with E-state index in [9.17, 15) is 29.3 Å². The van der Waals surface area contributed by atoms with Crippen molar-refractivity contribution in [2.75, 3.05) is 0 Å². The molecule has 0 unspecified atom stereocenters. The number of carbonyl (C=O) groups is 2. The molecule has 4 aromatic rings. The van der Waals surface area contributed by atoms with Gasteiger partial charge in [-0.05, 0) is 103 Å². The van der Waals surface area contributed by atoms with Crippen molar-refractivity contribution in [3.8, 4) is 17.2 Å². The van der Waals surface area contributed by atoms with Crippen molar-refractivity contribution in [1.82, 2.24) is 0 Å². The minimum absolute atomic E-state index is 0.0193. The summed E-state index contributed by atoms with van der Waals surface area (Å²) < 4.78 is 13.8. The quantitative estimate of drug-likeness (QED) is 0.226. The van der Waals surface area contributed by atoms with Gasteiger partial charge < -0.3 is 15.3 Å². The van der Waals surface area contributed by atoms with Crippen molar-refractivity contribution in [3.63, 3.8) is 0 Å². The van der Waals surface area contributed by atoms with Crippen LogP contribution in [0.4, 0.5) is 4.39 Å². The first-order chi connectivity index (χ1) is 18.5. The molecule has 4 rings (SSSR count). The highest BCUT2D eigenvalue weighted by molar-refractivity contribution is 5.79. The maximum absolute atomic E-state index is 13.8. The van der Waals surface area contributed by atoms with Crippen molar-refractivity contribution in [3.05, 3.63) is 121 Å². The molecule has 0 aliphatic heterocycles. The second-order valence-electron chi connectivity index (χ2n) is 10.1. The third kappa shape index (κ3) is 5.55. The van der Waals surface area contributed by atoms with Crippen molar-refractivity contribution in [2.24, 2.45) is 0 Å². The van der Waals surface area contributed by atoms with Gasteiger partial charge in [0, 0.05) is 24.0 Å². The zero-order valence-corrected chi connectivity index (χ0v) is 22.4. The van der Waals surface area contributed by atoms with Gasteiger partial charge in [0.25, 0.3) is 0 Å².